The standard InChI is InChI=1S/C12H15N3O2/c1-2-10-12(17)14-7-11(16)15(10)8-9-5-3-4-6-13-9/h3-6,10H,2,7-8H2,1H3,(H,14,17). The number of carbonyl (C=O) groups is 2. The fraction of sp³-hybridized carbons (Fsp3) is 0.417. The zero-order chi connectivity index (χ0) is 12.3. The molecule has 0 aromatic carbocycles. The van der Waals surface area contributed by atoms with Crippen LogP contribution in [0.2, 0.25) is 0 Å². The summed E-state index contributed by atoms with van der Waals surface area (Å²) in [6.45, 7) is 2.38. The van der Waals surface area contributed by atoms with E-state index in [1.165, 1.54) is 0 Å². The number of pyridine rings is 1. The van der Waals surface area contributed by atoms with E-state index in [1.54, 1.807) is 11.1 Å². The zero-order valence-electron chi connectivity index (χ0n) is 9.72. The Labute approximate surface area is 99.8 Å². The predicted octanol–water partition coefficient (Wildman–Crippen LogP) is 0.319. The van der Waals surface area contributed by atoms with E-state index in [9.17, 15) is 9.59 Å². The van der Waals surface area contributed by atoms with E-state index in [-0.39, 0.29) is 24.4 Å². The molecule has 0 saturated carbocycles. The Morgan fingerprint density at radius 2 is 2.29 bits per heavy atom. The summed E-state index contributed by atoms with van der Waals surface area (Å²) in [6.07, 6.45) is 2.30. The second-order valence-electron chi connectivity index (χ2n) is 3.98. The van der Waals surface area contributed by atoms with Crippen LogP contribution < -0.4 is 5.32 Å². The second-order valence-corrected chi connectivity index (χ2v) is 3.98. The maximum atomic E-state index is 11.8. The number of carbonyl (C=O) groups excluding carboxylic acids is 2. The summed E-state index contributed by atoms with van der Waals surface area (Å²) < 4.78 is 0. The van der Waals surface area contributed by atoms with Gasteiger partial charge in [0.2, 0.25) is 11.8 Å². The van der Waals surface area contributed by atoms with Gasteiger partial charge in [-0.05, 0) is 18.6 Å². The lowest BCUT2D eigenvalue weighted by Crippen LogP contribution is -2.57. The molecule has 1 atom stereocenters. The molecule has 1 saturated heterocycles. The van der Waals surface area contributed by atoms with Crippen molar-refractivity contribution in [1.82, 2.24) is 15.2 Å². The van der Waals surface area contributed by atoms with E-state index in [0.29, 0.717) is 13.0 Å². The smallest absolute Gasteiger partial charge is 0.243 e. The van der Waals surface area contributed by atoms with Crippen LogP contribution in [-0.2, 0) is 16.1 Å². The van der Waals surface area contributed by atoms with Crippen molar-refractivity contribution in [2.75, 3.05) is 6.54 Å². The molecule has 2 amide bonds. The molecular formula is C12H15N3O2. The third kappa shape index (κ3) is 2.43. The average molecular weight is 233 g/mol. The van der Waals surface area contributed by atoms with Gasteiger partial charge in [0.05, 0.1) is 18.8 Å². The minimum Gasteiger partial charge on any atom is -0.345 e. The summed E-state index contributed by atoms with van der Waals surface area (Å²) in [7, 11) is 0. The van der Waals surface area contributed by atoms with Crippen molar-refractivity contribution >= 4 is 11.8 Å². The van der Waals surface area contributed by atoms with Crippen LogP contribution in [0.3, 0.4) is 0 Å². The summed E-state index contributed by atoms with van der Waals surface area (Å²) in [5, 5.41) is 2.60. The van der Waals surface area contributed by atoms with Crippen LogP contribution in [0.5, 0.6) is 0 Å². The van der Waals surface area contributed by atoms with Gasteiger partial charge in [-0.15, -0.1) is 0 Å². The first-order valence-electron chi connectivity index (χ1n) is 5.69. The molecule has 17 heavy (non-hydrogen) atoms. The minimum atomic E-state index is -0.377. The van der Waals surface area contributed by atoms with E-state index in [2.05, 4.69) is 10.3 Å². The molecule has 1 aromatic heterocycles. The van der Waals surface area contributed by atoms with Crippen molar-refractivity contribution in [1.29, 1.82) is 0 Å². The van der Waals surface area contributed by atoms with Crippen LogP contribution in [-0.4, -0.2) is 34.3 Å². The molecule has 0 bridgehead atoms. The normalized spacial score (nSPS) is 20.3. The average Bonchev–Trinajstić information content (AvgIpc) is 2.35. The summed E-state index contributed by atoms with van der Waals surface area (Å²) in [5.41, 5.74) is 0.800. The molecule has 0 radical (unpaired) electrons. The van der Waals surface area contributed by atoms with E-state index in [4.69, 9.17) is 0 Å². The number of hydrogen-bond donors (Lipinski definition) is 1. The van der Waals surface area contributed by atoms with Gasteiger partial charge in [0.25, 0.3) is 0 Å². The highest BCUT2D eigenvalue weighted by molar-refractivity contribution is 5.94. The number of nitrogens with one attached hydrogen (secondary N) is 1. The van der Waals surface area contributed by atoms with Crippen molar-refractivity contribution in [3.63, 3.8) is 0 Å². The molecule has 2 rings (SSSR count). The molecule has 90 valence electrons. The number of piperazine rings is 1. The van der Waals surface area contributed by atoms with Gasteiger partial charge in [0.1, 0.15) is 6.04 Å². The van der Waals surface area contributed by atoms with Crippen molar-refractivity contribution in [3.05, 3.63) is 30.1 Å². The second kappa shape index (κ2) is 4.95. The Bertz CT molecular complexity index is 419. The molecule has 1 aromatic rings. The molecule has 1 fully saturated rings. The zero-order valence-corrected chi connectivity index (χ0v) is 9.72. The van der Waals surface area contributed by atoms with Crippen molar-refractivity contribution < 1.29 is 9.59 Å². The third-order valence-corrected chi connectivity index (χ3v) is 2.86. The van der Waals surface area contributed by atoms with Crippen molar-refractivity contribution in [2.24, 2.45) is 0 Å². The Hall–Kier alpha value is -1.91. The van der Waals surface area contributed by atoms with Crippen LogP contribution in [0.1, 0.15) is 19.0 Å². The lowest BCUT2D eigenvalue weighted by atomic mass is 10.1. The van der Waals surface area contributed by atoms with Crippen LogP contribution in [0.4, 0.5) is 0 Å². The van der Waals surface area contributed by atoms with Crippen LogP contribution >= 0.6 is 0 Å². The van der Waals surface area contributed by atoms with Crippen LogP contribution in [0.25, 0.3) is 0 Å². The molecule has 0 spiro atoms. The molecule has 1 aliphatic rings. The van der Waals surface area contributed by atoms with Crippen LogP contribution in [0.15, 0.2) is 24.4 Å². The number of aromatic nitrogens is 1. The van der Waals surface area contributed by atoms with Crippen LogP contribution in [0, 0.1) is 0 Å². The fourth-order valence-electron chi connectivity index (χ4n) is 1.97. The van der Waals surface area contributed by atoms with E-state index in [1.807, 2.05) is 25.1 Å². The molecule has 2 heterocycles. The van der Waals surface area contributed by atoms with Gasteiger partial charge in [-0.1, -0.05) is 13.0 Å². The molecule has 5 heteroatoms. The third-order valence-electron chi connectivity index (χ3n) is 2.86. The Morgan fingerprint density at radius 3 is 2.94 bits per heavy atom. The number of hydrogen-bond acceptors (Lipinski definition) is 3. The molecule has 1 N–H and O–H groups in total. The summed E-state index contributed by atoms with van der Waals surface area (Å²) >= 11 is 0. The predicted molar refractivity (Wildman–Crippen MR) is 61.9 cm³/mol. The Kier molecular flexibility index (Phi) is 3.37. The fourth-order valence-corrected chi connectivity index (χ4v) is 1.97. The Balaban J connectivity index is 2.16. The van der Waals surface area contributed by atoms with Gasteiger partial charge >= 0.3 is 0 Å². The topological polar surface area (TPSA) is 62.3 Å². The highest BCUT2D eigenvalue weighted by Gasteiger charge is 2.32. The lowest BCUT2D eigenvalue weighted by molar-refractivity contribution is -0.146. The minimum absolute atomic E-state index is 0.0536. The number of amides is 2. The maximum Gasteiger partial charge on any atom is 0.243 e. The summed E-state index contributed by atoms with van der Waals surface area (Å²) in [5.74, 6) is -0.134. The molecule has 1 unspecified atom stereocenters. The quantitative estimate of drug-likeness (QED) is 0.817. The van der Waals surface area contributed by atoms with Gasteiger partial charge in [-0.3, -0.25) is 14.6 Å². The lowest BCUT2D eigenvalue weighted by Gasteiger charge is -2.34. The summed E-state index contributed by atoms with van der Waals surface area (Å²) in [4.78, 5) is 29.2. The first-order valence-corrected chi connectivity index (χ1v) is 5.69. The molecule has 5 nitrogen and oxygen atoms in total. The highest BCUT2D eigenvalue weighted by atomic mass is 16.2. The van der Waals surface area contributed by atoms with Gasteiger partial charge in [-0.25, -0.2) is 0 Å². The van der Waals surface area contributed by atoms with Gasteiger partial charge < -0.3 is 10.2 Å². The maximum absolute atomic E-state index is 11.8. The number of rotatable bonds is 3. The van der Waals surface area contributed by atoms with Gasteiger partial charge in [0, 0.05) is 6.20 Å². The SMILES string of the molecule is CCC1C(=O)NCC(=O)N1Cc1ccccn1. The van der Waals surface area contributed by atoms with Gasteiger partial charge in [0.15, 0.2) is 0 Å². The molecule has 1 aliphatic heterocycles. The Morgan fingerprint density at radius 1 is 1.47 bits per heavy atom. The largest absolute Gasteiger partial charge is 0.345 e. The summed E-state index contributed by atoms with van der Waals surface area (Å²) in [6, 6.07) is 5.17. The van der Waals surface area contributed by atoms with Crippen molar-refractivity contribution in [3.8, 4) is 0 Å². The van der Waals surface area contributed by atoms with Gasteiger partial charge in [-0.2, -0.15) is 0 Å². The molecule has 0 aliphatic carbocycles. The highest BCUT2D eigenvalue weighted by Crippen LogP contribution is 2.13. The number of nitrogens with zero attached hydrogens (tertiary/aromatic N) is 2. The van der Waals surface area contributed by atoms with E-state index in [0.717, 1.165) is 5.69 Å². The molecular weight excluding hydrogens is 218 g/mol. The first kappa shape index (κ1) is 11.6. The first-order chi connectivity index (χ1) is 8.22. The van der Waals surface area contributed by atoms with Crippen molar-refractivity contribution in [2.45, 2.75) is 25.9 Å². The van der Waals surface area contributed by atoms with E-state index >= 15 is 0 Å². The monoisotopic (exact) mass is 233 g/mol. The van der Waals surface area contributed by atoms with E-state index < -0.39 is 0 Å².